The fourth-order valence-electron chi connectivity index (χ4n) is 2.04. The molecule has 0 saturated heterocycles. The van der Waals surface area contributed by atoms with Crippen LogP contribution in [0.3, 0.4) is 0 Å². The van der Waals surface area contributed by atoms with Gasteiger partial charge in [-0.2, -0.15) is 0 Å². The van der Waals surface area contributed by atoms with Crippen molar-refractivity contribution < 1.29 is 0 Å². The fourth-order valence-corrected chi connectivity index (χ4v) is 2.04. The third-order valence-corrected chi connectivity index (χ3v) is 2.84. The van der Waals surface area contributed by atoms with Crippen LogP contribution in [-0.2, 0) is 13.0 Å². The summed E-state index contributed by atoms with van der Waals surface area (Å²) in [6, 6.07) is 10.1. The Morgan fingerprint density at radius 1 is 1.22 bits per heavy atom. The second-order valence-corrected chi connectivity index (χ2v) is 5.03. The van der Waals surface area contributed by atoms with Gasteiger partial charge >= 0.3 is 0 Å². The molecular weight excluding hydrogens is 224 g/mol. The summed E-state index contributed by atoms with van der Waals surface area (Å²) in [5.74, 6) is 1.43. The van der Waals surface area contributed by atoms with Crippen molar-refractivity contribution in [3.8, 4) is 0 Å². The van der Waals surface area contributed by atoms with Crippen LogP contribution in [0.4, 0.5) is 0 Å². The van der Waals surface area contributed by atoms with Crippen molar-refractivity contribution in [1.29, 1.82) is 0 Å². The van der Waals surface area contributed by atoms with Crippen LogP contribution in [0.2, 0.25) is 0 Å². The van der Waals surface area contributed by atoms with Crippen molar-refractivity contribution in [2.75, 3.05) is 0 Å². The molecule has 2 N–H and O–H groups in total. The topological polar surface area (TPSA) is 56.7 Å². The monoisotopic (exact) mass is 244 g/mol. The van der Waals surface area contributed by atoms with Gasteiger partial charge in [0.1, 0.15) is 12.2 Å². The Kier molecular flexibility index (Phi) is 4.10. The molecular formula is C14H20N4. The number of hydrogen-bond donors (Lipinski definition) is 1. The minimum atomic E-state index is -0.103. The Balaban J connectivity index is 2.09. The minimum absolute atomic E-state index is 0.103. The van der Waals surface area contributed by atoms with Gasteiger partial charge in [0.2, 0.25) is 0 Å². The minimum Gasteiger partial charge on any atom is -0.321 e. The summed E-state index contributed by atoms with van der Waals surface area (Å²) < 4.78 is 2.05. The largest absolute Gasteiger partial charge is 0.321 e. The second kappa shape index (κ2) is 5.78. The Labute approximate surface area is 108 Å². The van der Waals surface area contributed by atoms with Crippen LogP contribution in [0.1, 0.15) is 31.3 Å². The standard InChI is InChI=1S/C14H20N4/c1-11(2)9-18-10-16-17-14(18)13(15)8-12-6-4-3-5-7-12/h3-7,10-11,13H,8-9,15H2,1-2H3/t13-/m1/s1. The molecule has 0 aliphatic carbocycles. The first-order valence-corrected chi connectivity index (χ1v) is 6.34. The predicted molar refractivity (Wildman–Crippen MR) is 71.9 cm³/mol. The summed E-state index contributed by atoms with van der Waals surface area (Å²) in [5.41, 5.74) is 7.45. The van der Waals surface area contributed by atoms with Gasteiger partial charge in [0.05, 0.1) is 6.04 Å². The first kappa shape index (κ1) is 12.8. The normalized spacial score (nSPS) is 12.9. The molecule has 0 aliphatic heterocycles. The van der Waals surface area contributed by atoms with E-state index in [9.17, 15) is 0 Å². The molecule has 96 valence electrons. The lowest BCUT2D eigenvalue weighted by Gasteiger charge is -2.14. The molecule has 4 heteroatoms. The summed E-state index contributed by atoms with van der Waals surface area (Å²) in [7, 11) is 0. The Morgan fingerprint density at radius 3 is 2.61 bits per heavy atom. The maximum atomic E-state index is 6.22. The number of aromatic nitrogens is 3. The van der Waals surface area contributed by atoms with Crippen molar-refractivity contribution in [3.63, 3.8) is 0 Å². The summed E-state index contributed by atoms with van der Waals surface area (Å²) in [4.78, 5) is 0. The van der Waals surface area contributed by atoms with Gasteiger partial charge in [-0.15, -0.1) is 10.2 Å². The molecule has 1 aromatic carbocycles. The van der Waals surface area contributed by atoms with Gasteiger partial charge in [-0.25, -0.2) is 0 Å². The van der Waals surface area contributed by atoms with Crippen molar-refractivity contribution >= 4 is 0 Å². The number of nitrogens with two attached hydrogens (primary N) is 1. The van der Waals surface area contributed by atoms with E-state index in [1.807, 2.05) is 18.2 Å². The van der Waals surface area contributed by atoms with E-state index in [-0.39, 0.29) is 6.04 Å². The summed E-state index contributed by atoms with van der Waals surface area (Å²) in [6.07, 6.45) is 2.55. The van der Waals surface area contributed by atoms with Crippen LogP contribution in [0.5, 0.6) is 0 Å². The van der Waals surface area contributed by atoms with Crippen molar-refractivity contribution in [1.82, 2.24) is 14.8 Å². The lowest BCUT2D eigenvalue weighted by molar-refractivity contribution is 0.487. The average Bonchev–Trinajstić information content (AvgIpc) is 2.77. The number of nitrogens with zero attached hydrogens (tertiary/aromatic N) is 3. The van der Waals surface area contributed by atoms with E-state index in [1.54, 1.807) is 6.33 Å². The van der Waals surface area contributed by atoms with Crippen LogP contribution in [0.15, 0.2) is 36.7 Å². The molecule has 0 amide bonds. The Bertz CT molecular complexity index is 476. The zero-order valence-corrected chi connectivity index (χ0v) is 11.0. The van der Waals surface area contributed by atoms with Gasteiger partial charge in [-0.3, -0.25) is 0 Å². The van der Waals surface area contributed by atoms with E-state index >= 15 is 0 Å². The number of hydrogen-bond acceptors (Lipinski definition) is 3. The molecule has 0 saturated carbocycles. The van der Waals surface area contributed by atoms with Crippen LogP contribution in [0.25, 0.3) is 0 Å². The van der Waals surface area contributed by atoms with Gasteiger partial charge in [0.15, 0.2) is 0 Å². The molecule has 0 radical (unpaired) electrons. The van der Waals surface area contributed by atoms with Gasteiger partial charge in [0.25, 0.3) is 0 Å². The Morgan fingerprint density at radius 2 is 1.94 bits per heavy atom. The molecule has 1 heterocycles. The smallest absolute Gasteiger partial charge is 0.150 e. The third-order valence-electron chi connectivity index (χ3n) is 2.84. The highest BCUT2D eigenvalue weighted by Gasteiger charge is 2.14. The highest BCUT2D eigenvalue weighted by molar-refractivity contribution is 5.17. The van der Waals surface area contributed by atoms with Crippen LogP contribution in [-0.4, -0.2) is 14.8 Å². The molecule has 0 spiro atoms. The molecule has 1 atom stereocenters. The van der Waals surface area contributed by atoms with E-state index in [0.29, 0.717) is 5.92 Å². The Hall–Kier alpha value is -1.68. The average molecular weight is 244 g/mol. The molecule has 0 bridgehead atoms. The van der Waals surface area contributed by atoms with Crippen molar-refractivity contribution in [2.45, 2.75) is 32.9 Å². The quantitative estimate of drug-likeness (QED) is 0.877. The van der Waals surface area contributed by atoms with Crippen LogP contribution >= 0.6 is 0 Å². The molecule has 0 unspecified atom stereocenters. The predicted octanol–water partition coefficient (Wildman–Crippen LogP) is 2.18. The van der Waals surface area contributed by atoms with Crippen molar-refractivity contribution in [3.05, 3.63) is 48.0 Å². The molecule has 4 nitrogen and oxygen atoms in total. The molecule has 2 aromatic rings. The maximum absolute atomic E-state index is 6.22. The highest BCUT2D eigenvalue weighted by atomic mass is 15.3. The van der Waals surface area contributed by atoms with Gasteiger partial charge in [-0.1, -0.05) is 44.2 Å². The molecule has 1 aromatic heterocycles. The maximum Gasteiger partial charge on any atom is 0.150 e. The highest BCUT2D eigenvalue weighted by Crippen LogP contribution is 2.14. The zero-order chi connectivity index (χ0) is 13.0. The van der Waals surface area contributed by atoms with Gasteiger partial charge in [-0.05, 0) is 17.9 Å². The molecule has 0 fully saturated rings. The van der Waals surface area contributed by atoms with Gasteiger partial charge < -0.3 is 10.3 Å². The summed E-state index contributed by atoms with van der Waals surface area (Å²) in [6.45, 7) is 5.25. The number of benzene rings is 1. The molecule has 18 heavy (non-hydrogen) atoms. The fraction of sp³-hybridized carbons (Fsp3) is 0.429. The number of rotatable bonds is 5. The van der Waals surface area contributed by atoms with Crippen molar-refractivity contribution in [2.24, 2.45) is 11.7 Å². The summed E-state index contributed by atoms with van der Waals surface area (Å²) >= 11 is 0. The van der Waals surface area contributed by atoms with Gasteiger partial charge in [0, 0.05) is 6.54 Å². The van der Waals surface area contributed by atoms with E-state index in [1.165, 1.54) is 5.56 Å². The second-order valence-electron chi connectivity index (χ2n) is 5.03. The lowest BCUT2D eigenvalue weighted by Crippen LogP contribution is -2.20. The third kappa shape index (κ3) is 3.17. The summed E-state index contributed by atoms with van der Waals surface area (Å²) in [5, 5.41) is 8.12. The van der Waals surface area contributed by atoms with E-state index in [0.717, 1.165) is 18.8 Å². The van der Waals surface area contributed by atoms with E-state index in [4.69, 9.17) is 5.73 Å². The SMILES string of the molecule is CC(C)Cn1cnnc1[C@H](N)Cc1ccccc1. The lowest BCUT2D eigenvalue weighted by atomic mass is 10.1. The van der Waals surface area contributed by atoms with Crippen LogP contribution in [0, 0.1) is 5.92 Å². The zero-order valence-electron chi connectivity index (χ0n) is 11.0. The first-order chi connectivity index (χ1) is 8.66. The molecule has 0 aliphatic rings. The first-order valence-electron chi connectivity index (χ1n) is 6.34. The van der Waals surface area contributed by atoms with Crippen LogP contribution < -0.4 is 5.73 Å². The van der Waals surface area contributed by atoms with E-state index < -0.39 is 0 Å². The molecule has 2 rings (SSSR count). The van der Waals surface area contributed by atoms with E-state index in [2.05, 4.69) is 40.7 Å².